The summed E-state index contributed by atoms with van der Waals surface area (Å²) in [4.78, 5) is 12.7. The molecule has 0 unspecified atom stereocenters. The van der Waals surface area contributed by atoms with Gasteiger partial charge in [0.1, 0.15) is 5.75 Å². The Kier molecular flexibility index (Phi) is 3.38. The first-order valence-electron chi connectivity index (χ1n) is 6.39. The predicted molar refractivity (Wildman–Crippen MR) is 87.9 cm³/mol. The van der Waals surface area contributed by atoms with Gasteiger partial charge in [0, 0.05) is 11.1 Å². The lowest BCUT2D eigenvalue weighted by Crippen LogP contribution is -2.03. The summed E-state index contributed by atoms with van der Waals surface area (Å²) in [6, 6.07) is 13.0. The van der Waals surface area contributed by atoms with Crippen LogP contribution in [0.5, 0.6) is 5.75 Å². The first kappa shape index (κ1) is 13.4. The van der Waals surface area contributed by atoms with Crippen LogP contribution in [0.15, 0.2) is 48.0 Å². The van der Waals surface area contributed by atoms with Crippen molar-refractivity contribution in [3.05, 3.63) is 68.3 Å². The number of Topliss-reactive ketones (excluding diaryl/α,β-unsaturated/α-hetero) is 1. The number of phenols is 1. The van der Waals surface area contributed by atoms with Crippen molar-refractivity contribution < 1.29 is 9.90 Å². The molecule has 2 aromatic rings. The highest BCUT2D eigenvalue weighted by Crippen LogP contribution is 2.35. The molecule has 0 atom stereocenters. The lowest BCUT2D eigenvalue weighted by Gasteiger charge is -2.07. The first-order chi connectivity index (χ1) is 9.58. The standard InChI is InChI=1S/C17H13IO2/c1-10-8-11-4-2-3-5-13(11)16(10)17(20)12-6-7-15(19)14(18)9-12/h2-7,9,19H,8H2,1H3. The molecule has 3 heteroatoms. The number of fused-ring (bicyclic) bond motifs is 1. The molecule has 0 spiro atoms. The lowest BCUT2D eigenvalue weighted by atomic mass is 9.96. The van der Waals surface area contributed by atoms with E-state index in [-0.39, 0.29) is 11.5 Å². The Morgan fingerprint density at radius 1 is 1.20 bits per heavy atom. The summed E-state index contributed by atoms with van der Waals surface area (Å²) in [6.07, 6.45) is 0.840. The van der Waals surface area contributed by atoms with Crippen molar-refractivity contribution in [2.24, 2.45) is 0 Å². The monoisotopic (exact) mass is 376 g/mol. The minimum Gasteiger partial charge on any atom is -0.507 e. The van der Waals surface area contributed by atoms with E-state index in [1.54, 1.807) is 18.2 Å². The lowest BCUT2D eigenvalue weighted by molar-refractivity contribution is 0.105. The van der Waals surface area contributed by atoms with Crippen molar-refractivity contribution in [2.45, 2.75) is 13.3 Å². The van der Waals surface area contributed by atoms with Gasteiger partial charge in [-0.05, 0) is 65.3 Å². The molecule has 0 aromatic heterocycles. The minimum absolute atomic E-state index is 0.0327. The Balaban J connectivity index is 2.07. The number of halogens is 1. The van der Waals surface area contributed by atoms with Gasteiger partial charge in [-0.15, -0.1) is 0 Å². The molecule has 0 saturated carbocycles. The van der Waals surface area contributed by atoms with Crippen LogP contribution in [0.1, 0.15) is 28.4 Å². The molecule has 1 aliphatic carbocycles. The van der Waals surface area contributed by atoms with Gasteiger partial charge in [0.05, 0.1) is 3.57 Å². The third-order valence-electron chi connectivity index (χ3n) is 3.61. The maximum Gasteiger partial charge on any atom is 0.193 e. The quantitative estimate of drug-likeness (QED) is 0.630. The van der Waals surface area contributed by atoms with E-state index in [1.807, 2.05) is 47.7 Å². The van der Waals surface area contributed by atoms with Gasteiger partial charge in [-0.1, -0.05) is 29.8 Å². The van der Waals surface area contributed by atoms with E-state index in [9.17, 15) is 9.90 Å². The largest absolute Gasteiger partial charge is 0.507 e. The number of hydrogen-bond acceptors (Lipinski definition) is 2. The molecule has 0 saturated heterocycles. The summed E-state index contributed by atoms with van der Waals surface area (Å²) < 4.78 is 0.693. The Hall–Kier alpha value is -1.62. The molecule has 0 aliphatic heterocycles. The number of aromatic hydroxyl groups is 1. The van der Waals surface area contributed by atoms with E-state index in [0.29, 0.717) is 9.13 Å². The zero-order chi connectivity index (χ0) is 14.3. The summed E-state index contributed by atoms with van der Waals surface area (Å²) in [7, 11) is 0. The van der Waals surface area contributed by atoms with Crippen LogP contribution in [-0.4, -0.2) is 10.9 Å². The van der Waals surface area contributed by atoms with Crippen molar-refractivity contribution >= 4 is 33.9 Å². The maximum absolute atomic E-state index is 12.7. The summed E-state index contributed by atoms with van der Waals surface area (Å²) in [5.74, 6) is 0.241. The highest BCUT2D eigenvalue weighted by Gasteiger charge is 2.25. The number of benzene rings is 2. The van der Waals surface area contributed by atoms with Gasteiger partial charge < -0.3 is 5.11 Å². The van der Waals surface area contributed by atoms with Crippen molar-refractivity contribution in [3.63, 3.8) is 0 Å². The van der Waals surface area contributed by atoms with Crippen LogP contribution >= 0.6 is 22.6 Å². The number of ketones is 1. The molecule has 2 aromatic carbocycles. The van der Waals surface area contributed by atoms with Gasteiger partial charge in [0.25, 0.3) is 0 Å². The van der Waals surface area contributed by atoms with Crippen molar-refractivity contribution in [2.75, 3.05) is 0 Å². The van der Waals surface area contributed by atoms with E-state index in [4.69, 9.17) is 0 Å². The highest BCUT2D eigenvalue weighted by atomic mass is 127. The van der Waals surface area contributed by atoms with E-state index >= 15 is 0 Å². The van der Waals surface area contributed by atoms with E-state index in [2.05, 4.69) is 6.07 Å². The minimum atomic E-state index is 0.0327. The summed E-state index contributed by atoms with van der Waals surface area (Å²) in [5, 5.41) is 9.57. The summed E-state index contributed by atoms with van der Waals surface area (Å²) >= 11 is 2.03. The van der Waals surface area contributed by atoms with Crippen LogP contribution in [0, 0.1) is 3.57 Å². The van der Waals surface area contributed by atoms with Crippen LogP contribution in [0.3, 0.4) is 0 Å². The second-order valence-corrected chi connectivity index (χ2v) is 6.15. The van der Waals surface area contributed by atoms with Crippen molar-refractivity contribution in [1.82, 2.24) is 0 Å². The number of phenolic OH excluding ortho intramolecular Hbond substituents is 1. The van der Waals surface area contributed by atoms with Crippen LogP contribution in [-0.2, 0) is 6.42 Å². The van der Waals surface area contributed by atoms with E-state index < -0.39 is 0 Å². The molecule has 0 bridgehead atoms. The maximum atomic E-state index is 12.7. The predicted octanol–water partition coefficient (Wildman–Crippen LogP) is 4.21. The summed E-state index contributed by atoms with van der Waals surface area (Å²) in [5.41, 5.74) is 4.79. The molecule has 0 amide bonds. The van der Waals surface area contributed by atoms with Gasteiger partial charge in [-0.3, -0.25) is 4.79 Å². The van der Waals surface area contributed by atoms with Gasteiger partial charge >= 0.3 is 0 Å². The van der Waals surface area contributed by atoms with Crippen LogP contribution in [0.2, 0.25) is 0 Å². The fraction of sp³-hybridized carbons (Fsp3) is 0.118. The molecular formula is C17H13IO2. The number of carbonyl (C=O) groups excluding carboxylic acids is 1. The second-order valence-electron chi connectivity index (χ2n) is 4.98. The van der Waals surface area contributed by atoms with Gasteiger partial charge in [-0.2, -0.15) is 0 Å². The fourth-order valence-corrected chi connectivity index (χ4v) is 3.15. The topological polar surface area (TPSA) is 37.3 Å². The van der Waals surface area contributed by atoms with E-state index in [1.165, 1.54) is 5.56 Å². The van der Waals surface area contributed by atoms with Gasteiger partial charge in [-0.25, -0.2) is 0 Å². The Bertz CT molecular complexity index is 744. The first-order valence-corrected chi connectivity index (χ1v) is 7.47. The molecular weight excluding hydrogens is 363 g/mol. The van der Waals surface area contributed by atoms with Gasteiger partial charge in [0.2, 0.25) is 0 Å². The third-order valence-corrected chi connectivity index (χ3v) is 4.47. The molecule has 100 valence electrons. The second kappa shape index (κ2) is 5.05. The van der Waals surface area contributed by atoms with Crippen molar-refractivity contribution in [3.8, 4) is 5.75 Å². The molecule has 2 nitrogen and oxygen atoms in total. The number of allylic oxidation sites excluding steroid dienone is 2. The average molecular weight is 376 g/mol. The third kappa shape index (κ3) is 2.16. The van der Waals surface area contributed by atoms with Crippen LogP contribution in [0.25, 0.3) is 5.57 Å². The number of carbonyl (C=O) groups is 1. The molecule has 0 heterocycles. The Morgan fingerprint density at radius 3 is 2.70 bits per heavy atom. The molecule has 1 N–H and O–H groups in total. The molecule has 1 aliphatic rings. The number of rotatable bonds is 2. The average Bonchev–Trinajstić information content (AvgIpc) is 2.77. The zero-order valence-corrected chi connectivity index (χ0v) is 13.1. The SMILES string of the molecule is CC1=C(C(=O)c2ccc(O)c(I)c2)c2ccccc2C1. The van der Waals surface area contributed by atoms with Crippen molar-refractivity contribution in [1.29, 1.82) is 0 Å². The molecule has 3 rings (SSSR count). The summed E-state index contributed by atoms with van der Waals surface area (Å²) in [6.45, 7) is 2.01. The normalized spacial score (nSPS) is 13.5. The highest BCUT2D eigenvalue weighted by molar-refractivity contribution is 14.1. The Morgan fingerprint density at radius 2 is 1.95 bits per heavy atom. The van der Waals surface area contributed by atoms with Crippen LogP contribution in [0.4, 0.5) is 0 Å². The number of hydrogen-bond donors (Lipinski definition) is 1. The Labute approximate surface area is 131 Å². The smallest absolute Gasteiger partial charge is 0.193 e. The van der Waals surface area contributed by atoms with Gasteiger partial charge in [0.15, 0.2) is 5.78 Å². The van der Waals surface area contributed by atoms with Crippen LogP contribution < -0.4 is 0 Å². The van der Waals surface area contributed by atoms with E-state index in [0.717, 1.165) is 23.1 Å². The molecule has 20 heavy (non-hydrogen) atoms. The zero-order valence-electron chi connectivity index (χ0n) is 11.0. The fourth-order valence-electron chi connectivity index (χ4n) is 2.63. The molecule has 0 radical (unpaired) electrons. The molecule has 0 fully saturated rings.